The first-order valence-electron chi connectivity index (χ1n) is 21.4. The molecule has 8 aromatic carbocycles. The lowest BCUT2D eigenvalue weighted by atomic mass is 9.86. The van der Waals surface area contributed by atoms with Gasteiger partial charge >= 0.3 is 0 Å². The maximum Gasteiger partial charge on any atom is 0.00145 e. The molecule has 0 aliphatic carbocycles. The predicted molar refractivity (Wildman–Crippen MR) is 267 cm³/mol. The summed E-state index contributed by atoms with van der Waals surface area (Å²) in [6.07, 6.45) is 2.28. The fourth-order valence-electron chi connectivity index (χ4n) is 7.26. The van der Waals surface area contributed by atoms with Crippen LogP contribution in [0.5, 0.6) is 0 Å². The maximum atomic E-state index is 4.61. The molecule has 0 aromatic heterocycles. The van der Waals surface area contributed by atoms with Crippen molar-refractivity contribution in [1.29, 1.82) is 0 Å². The maximum absolute atomic E-state index is 4.61. The fourth-order valence-corrected chi connectivity index (χ4v) is 7.26. The topological polar surface area (TPSA) is 0 Å². The normalized spacial score (nSPS) is 11.3. The molecule has 0 N–H and O–H groups in total. The Hall–Kier alpha value is -6.50. The first-order chi connectivity index (χ1) is 29.1. The highest BCUT2D eigenvalue weighted by atomic mass is 14.2. The molecule has 0 saturated carbocycles. The van der Waals surface area contributed by atoms with Crippen molar-refractivity contribution in [2.24, 2.45) is 0 Å². The van der Waals surface area contributed by atoms with E-state index < -0.39 is 0 Å². The van der Waals surface area contributed by atoms with Crippen molar-refractivity contribution < 1.29 is 0 Å². The lowest BCUT2D eigenvalue weighted by Gasteiger charge is -2.18. The van der Waals surface area contributed by atoms with Crippen molar-refractivity contribution >= 4 is 32.7 Å². The van der Waals surface area contributed by atoms with Crippen LogP contribution in [0, 0.1) is 13.8 Å². The van der Waals surface area contributed by atoms with Gasteiger partial charge in [-0.3, -0.25) is 0 Å². The van der Waals surface area contributed by atoms with Crippen LogP contribution in [0.4, 0.5) is 0 Å². The molecule has 60 heavy (non-hydrogen) atoms. The molecule has 0 nitrogen and oxygen atoms in total. The molecule has 1 atom stereocenters. The van der Waals surface area contributed by atoms with Crippen molar-refractivity contribution in [3.63, 3.8) is 0 Å². The molecule has 0 heteroatoms. The largest absolute Gasteiger partial charge is 0.0995 e. The van der Waals surface area contributed by atoms with E-state index in [-0.39, 0.29) is 5.92 Å². The van der Waals surface area contributed by atoms with Crippen molar-refractivity contribution in [3.8, 4) is 11.1 Å². The van der Waals surface area contributed by atoms with Crippen LogP contribution in [-0.2, 0) is 0 Å². The highest BCUT2D eigenvalue weighted by Crippen LogP contribution is 2.37. The SMILES string of the molecule is C=C(/C=C(/c1cccc(C(C)C(=C)C)c1)c1cc(-c2cccc3ccccc23)ccc1C)c1cccc2ccccc12.CC.CC(C)c1ccccc1.Cc1ccccc1. The van der Waals surface area contributed by atoms with Crippen molar-refractivity contribution in [3.05, 3.63) is 252 Å². The van der Waals surface area contributed by atoms with E-state index in [0.29, 0.717) is 5.92 Å². The smallest absolute Gasteiger partial charge is 0.00145 e. The molecule has 0 fully saturated rings. The van der Waals surface area contributed by atoms with E-state index in [2.05, 4.69) is 225 Å². The zero-order valence-corrected chi connectivity index (χ0v) is 37.0. The average Bonchev–Trinajstić information content (AvgIpc) is 3.29. The van der Waals surface area contributed by atoms with Crippen LogP contribution in [0.25, 0.3) is 43.8 Å². The highest BCUT2D eigenvalue weighted by molar-refractivity contribution is 6.01. The molecule has 302 valence electrons. The van der Waals surface area contributed by atoms with Crippen LogP contribution in [0.3, 0.4) is 0 Å². The van der Waals surface area contributed by atoms with Gasteiger partial charge < -0.3 is 0 Å². The van der Waals surface area contributed by atoms with Gasteiger partial charge in [-0.15, -0.1) is 0 Å². The summed E-state index contributed by atoms with van der Waals surface area (Å²) in [7, 11) is 0. The minimum atomic E-state index is 0.274. The molecular weight excluding hydrogens is 721 g/mol. The zero-order chi connectivity index (χ0) is 43.0. The van der Waals surface area contributed by atoms with Crippen LogP contribution >= 0.6 is 0 Å². The van der Waals surface area contributed by atoms with E-state index in [1.807, 2.05) is 38.1 Å². The highest BCUT2D eigenvalue weighted by Gasteiger charge is 2.15. The van der Waals surface area contributed by atoms with Crippen LogP contribution in [-0.4, -0.2) is 0 Å². The van der Waals surface area contributed by atoms with Crippen LogP contribution in [0.2, 0.25) is 0 Å². The summed E-state index contributed by atoms with van der Waals surface area (Å²) in [5.74, 6) is 0.932. The van der Waals surface area contributed by atoms with Gasteiger partial charge in [0.2, 0.25) is 0 Å². The summed E-state index contributed by atoms with van der Waals surface area (Å²) in [5.41, 5.74) is 14.6. The Labute approximate surface area is 361 Å². The van der Waals surface area contributed by atoms with E-state index in [9.17, 15) is 0 Å². The summed E-state index contributed by atoms with van der Waals surface area (Å²) in [6.45, 7) is 25.9. The molecule has 0 saturated heterocycles. The standard InChI is InChI=1S/C42H36.C9H12.C7H8.C2H6/c1-28(2)31(5)34-17-10-18-35(26-34)42(25-30(4)37-21-11-15-32-13-6-8-19-38(32)37)41-27-36(24-23-29(41)3)40-22-12-16-33-14-7-9-20-39(33)40;1-8(2)9-6-4-3-5-7-9;1-7-5-3-2-4-6-7;1-2/h6-27,31H,1,4H2,2-3,5H3;3-8H,1-2H3;2-6H,1H3;1-2H3/b42-25-;;;. The van der Waals surface area contributed by atoms with Gasteiger partial charge in [-0.2, -0.15) is 0 Å². The van der Waals surface area contributed by atoms with Crippen LogP contribution in [0.15, 0.2) is 213 Å². The quantitative estimate of drug-likeness (QED) is 0.106. The number of allylic oxidation sites excluding steroid dienone is 3. The van der Waals surface area contributed by atoms with E-state index in [4.69, 9.17) is 0 Å². The van der Waals surface area contributed by atoms with Gasteiger partial charge in [0.15, 0.2) is 0 Å². The van der Waals surface area contributed by atoms with Gasteiger partial charge in [0.25, 0.3) is 0 Å². The monoisotopic (exact) mass is 782 g/mol. The van der Waals surface area contributed by atoms with E-state index in [0.717, 1.165) is 16.7 Å². The number of fused-ring (bicyclic) bond motifs is 2. The van der Waals surface area contributed by atoms with Gasteiger partial charge in [-0.25, -0.2) is 0 Å². The van der Waals surface area contributed by atoms with E-state index >= 15 is 0 Å². The van der Waals surface area contributed by atoms with Gasteiger partial charge in [-0.1, -0.05) is 241 Å². The lowest BCUT2D eigenvalue weighted by Crippen LogP contribution is -1.98. The second-order valence-corrected chi connectivity index (χ2v) is 15.6. The van der Waals surface area contributed by atoms with Crippen molar-refractivity contribution in [2.75, 3.05) is 0 Å². The summed E-state index contributed by atoms with van der Waals surface area (Å²) < 4.78 is 0. The third-order valence-corrected chi connectivity index (χ3v) is 10.9. The minimum Gasteiger partial charge on any atom is -0.0995 e. The Bertz CT molecular complexity index is 2640. The van der Waals surface area contributed by atoms with Crippen molar-refractivity contribution in [1.82, 2.24) is 0 Å². The molecule has 1 unspecified atom stereocenters. The van der Waals surface area contributed by atoms with Crippen LogP contribution in [0.1, 0.15) is 92.3 Å². The summed E-state index contributed by atoms with van der Waals surface area (Å²) >= 11 is 0. The third-order valence-electron chi connectivity index (χ3n) is 10.9. The van der Waals surface area contributed by atoms with Gasteiger partial charge in [0.1, 0.15) is 0 Å². The molecule has 8 aromatic rings. The Morgan fingerprint density at radius 3 is 1.63 bits per heavy atom. The summed E-state index contributed by atoms with van der Waals surface area (Å²) in [5, 5.41) is 4.94. The Morgan fingerprint density at radius 1 is 0.500 bits per heavy atom. The minimum absolute atomic E-state index is 0.274. The molecule has 0 aliphatic heterocycles. The second-order valence-electron chi connectivity index (χ2n) is 15.6. The van der Waals surface area contributed by atoms with Gasteiger partial charge in [-0.05, 0) is 116 Å². The first kappa shape index (κ1) is 44.6. The Morgan fingerprint density at radius 2 is 1.03 bits per heavy atom. The molecule has 8 rings (SSSR count). The zero-order valence-electron chi connectivity index (χ0n) is 37.0. The number of hydrogen-bond donors (Lipinski definition) is 0. The van der Waals surface area contributed by atoms with Crippen molar-refractivity contribution in [2.45, 2.75) is 67.2 Å². The number of benzene rings is 8. The number of aryl methyl sites for hydroxylation is 2. The predicted octanol–water partition coefficient (Wildman–Crippen LogP) is 17.6. The molecule has 0 aliphatic rings. The lowest BCUT2D eigenvalue weighted by molar-refractivity contribution is 0.867. The third kappa shape index (κ3) is 11.6. The molecule has 0 amide bonds. The molecule has 0 bridgehead atoms. The summed E-state index contributed by atoms with van der Waals surface area (Å²) in [4.78, 5) is 0. The summed E-state index contributed by atoms with van der Waals surface area (Å²) in [6, 6.07) is 66.7. The second kappa shape index (κ2) is 22.0. The van der Waals surface area contributed by atoms with Gasteiger partial charge in [0.05, 0.1) is 0 Å². The van der Waals surface area contributed by atoms with Gasteiger partial charge in [0, 0.05) is 5.92 Å². The number of rotatable bonds is 8. The van der Waals surface area contributed by atoms with E-state index in [1.165, 1.54) is 71.6 Å². The molecular formula is C60H62. The molecule has 0 heterocycles. The Balaban J connectivity index is 0.000000313. The average molecular weight is 783 g/mol. The first-order valence-corrected chi connectivity index (χ1v) is 21.4. The fraction of sp³-hybridized carbons (Fsp3) is 0.167. The molecule has 0 spiro atoms. The van der Waals surface area contributed by atoms with E-state index in [1.54, 1.807) is 0 Å². The molecule has 0 radical (unpaired) electrons. The Kier molecular flexibility index (Phi) is 16.4. The number of hydrogen-bond acceptors (Lipinski definition) is 0. The van der Waals surface area contributed by atoms with Crippen LogP contribution < -0.4 is 0 Å².